The summed E-state index contributed by atoms with van der Waals surface area (Å²) in [6.45, 7) is 9.26. The molecule has 0 fully saturated rings. The first kappa shape index (κ1) is 37.5. The number of halogens is 4. The molecule has 4 aromatic rings. The van der Waals surface area contributed by atoms with Crippen molar-refractivity contribution in [3.8, 4) is 22.3 Å². The van der Waals surface area contributed by atoms with Gasteiger partial charge in [-0.1, -0.05) is 0 Å². The third-order valence-electron chi connectivity index (χ3n) is 11.5. The Kier molecular flexibility index (Phi) is 9.46. The van der Waals surface area contributed by atoms with Gasteiger partial charge >= 0.3 is 312 Å². The van der Waals surface area contributed by atoms with Crippen LogP contribution in [0.25, 0.3) is 34.4 Å². The van der Waals surface area contributed by atoms with Crippen LogP contribution in [0, 0.1) is 0 Å². The standard InChI is InChI=1S/2C19H20S.C2H7Si.2BrH.2ClH.Zr/c2*1-4-14-12-16-6-5-7-18(19(16)13-14)15-8-10-17(11-9-15)20(2)3;1-3-2;;;;;/h2*5-13H,4H2,1-3H3;3H,1-2H3;4*1H;/q2*+1;;;;;;+4/p-4. The Balaban J connectivity index is 1.61. The van der Waals surface area contributed by atoms with Crippen LogP contribution in [0.15, 0.2) is 106 Å². The second-order valence-electron chi connectivity index (χ2n) is 14.7. The molecule has 0 aromatic heterocycles. The summed E-state index contributed by atoms with van der Waals surface area (Å²) in [5, 5.41) is 0. The molecule has 48 heavy (non-hydrogen) atoms. The molecule has 0 saturated carbocycles. The molecule has 0 nitrogen and oxygen atoms in total. The molecule has 0 N–H and O–H groups in total. The molecule has 0 saturated heterocycles. The van der Waals surface area contributed by atoms with Gasteiger partial charge in [-0.05, 0) is 0 Å². The molecular weight excluding hydrogens is 895 g/mol. The molecule has 4 aromatic carbocycles. The summed E-state index contributed by atoms with van der Waals surface area (Å²) in [7, 11) is 11.9. The van der Waals surface area contributed by atoms with Gasteiger partial charge in [0.05, 0.1) is 0 Å². The molecule has 0 spiro atoms. The average Bonchev–Trinajstić information content (AvgIpc) is 3.65. The van der Waals surface area contributed by atoms with E-state index in [1.807, 2.05) is 0 Å². The van der Waals surface area contributed by atoms with Crippen molar-refractivity contribution in [2.75, 3.05) is 25.0 Å². The molecule has 2 aliphatic carbocycles. The zero-order valence-electron chi connectivity index (χ0n) is 29.2. The van der Waals surface area contributed by atoms with E-state index in [0.717, 1.165) is 12.8 Å². The first-order chi connectivity index (χ1) is 22.4. The third-order valence-corrected chi connectivity index (χ3v) is 119. The predicted molar refractivity (Wildman–Crippen MR) is 229 cm³/mol. The first-order valence-electron chi connectivity index (χ1n) is 16.9. The van der Waals surface area contributed by atoms with Gasteiger partial charge in [0.25, 0.3) is 0 Å². The Labute approximate surface area is 308 Å². The van der Waals surface area contributed by atoms with Crippen molar-refractivity contribution in [2.45, 2.75) is 56.8 Å². The van der Waals surface area contributed by atoms with Crippen LogP contribution < -0.4 is 0 Å². The first-order valence-corrected chi connectivity index (χ1v) is 48.5. The Morgan fingerprint density at radius 1 is 0.604 bits per heavy atom. The SMILES string of the molecule is CCC1=Cc2c(-c3ccc([S+](C)C)cc3)cccc2[CH]1[Zr]([Cl])([Cl])([Br])([Br])([CH]1C(CC)=Cc2c(-c3ccc([S+](C)C)cc3)cccc21)[SiH](C)C. The molecule has 2 aliphatic rings. The number of allylic oxidation sites excluding steroid dienone is 2. The summed E-state index contributed by atoms with van der Waals surface area (Å²) < 4.78 is -0.344. The van der Waals surface area contributed by atoms with Crippen LogP contribution in [0.4, 0.5) is 0 Å². The van der Waals surface area contributed by atoms with Crippen LogP contribution >= 0.6 is 41.5 Å². The van der Waals surface area contributed by atoms with Gasteiger partial charge in [0, 0.05) is 0 Å². The molecule has 0 radical (unpaired) electrons. The molecule has 2 unspecified atom stereocenters. The van der Waals surface area contributed by atoms with E-state index in [-0.39, 0.29) is 29.0 Å². The second kappa shape index (κ2) is 12.1. The van der Waals surface area contributed by atoms with Gasteiger partial charge in [0.2, 0.25) is 0 Å². The summed E-state index contributed by atoms with van der Waals surface area (Å²) in [5.41, 5.74) is 12.6. The van der Waals surface area contributed by atoms with Crippen LogP contribution in [0.5, 0.6) is 0 Å². The average molecular weight is 942 g/mol. The van der Waals surface area contributed by atoms with E-state index in [1.54, 1.807) is 0 Å². The fourth-order valence-corrected chi connectivity index (χ4v) is 57.0. The molecule has 2 atom stereocenters. The maximum atomic E-state index is 8.94. The summed E-state index contributed by atoms with van der Waals surface area (Å²) in [6, 6.07) is 31.8. The van der Waals surface area contributed by atoms with E-state index in [9.17, 15) is 0 Å². The van der Waals surface area contributed by atoms with E-state index in [1.165, 1.54) is 65.4 Å². The van der Waals surface area contributed by atoms with Crippen molar-refractivity contribution in [3.05, 3.63) is 118 Å². The van der Waals surface area contributed by atoms with Crippen LogP contribution in [0.3, 0.4) is 0 Å². The Morgan fingerprint density at radius 2 is 0.958 bits per heavy atom. The van der Waals surface area contributed by atoms with Crippen molar-refractivity contribution in [3.63, 3.8) is 0 Å². The van der Waals surface area contributed by atoms with Crippen LogP contribution in [0.1, 0.15) is 56.2 Å². The van der Waals surface area contributed by atoms with Gasteiger partial charge < -0.3 is 0 Å². The molecule has 8 heteroatoms. The van der Waals surface area contributed by atoms with Gasteiger partial charge in [-0.3, -0.25) is 0 Å². The van der Waals surface area contributed by atoms with Gasteiger partial charge in [-0.2, -0.15) is 0 Å². The molecule has 0 bridgehead atoms. The minimum atomic E-state index is -6.40. The molecule has 0 amide bonds. The monoisotopic (exact) mass is 937 g/mol. The third kappa shape index (κ3) is 5.60. The van der Waals surface area contributed by atoms with E-state index in [4.69, 9.17) is 17.0 Å². The molecule has 0 aliphatic heterocycles. The van der Waals surface area contributed by atoms with E-state index in [0.29, 0.717) is 0 Å². The summed E-state index contributed by atoms with van der Waals surface area (Å²) in [6.07, 6.45) is 15.7. The zero-order chi connectivity index (χ0) is 34.9. The van der Waals surface area contributed by atoms with Crippen LogP contribution in [-0.2, 0) is 29.7 Å². The number of fused-ring (bicyclic) bond motifs is 2. The zero-order valence-corrected chi connectivity index (χ0v) is 39.1. The van der Waals surface area contributed by atoms with Crippen molar-refractivity contribution in [1.29, 1.82) is 0 Å². The van der Waals surface area contributed by atoms with Crippen LogP contribution in [-0.4, -0.2) is 30.9 Å². The topological polar surface area (TPSA) is 0 Å². The summed E-state index contributed by atoms with van der Waals surface area (Å²) in [4.78, 5) is 2.76. The number of hydrogen-bond acceptors (Lipinski definition) is 0. The predicted octanol–water partition coefficient (Wildman–Crippen LogP) is 13.6. The van der Waals surface area contributed by atoms with Crippen molar-refractivity contribution in [1.82, 2.24) is 0 Å². The van der Waals surface area contributed by atoms with Gasteiger partial charge in [-0.25, -0.2) is 0 Å². The maximum absolute atomic E-state index is 8.94. The van der Waals surface area contributed by atoms with Gasteiger partial charge in [-0.15, -0.1) is 0 Å². The van der Waals surface area contributed by atoms with Crippen molar-refractivity contribution < 1.29 is 7.89 Å². The normalized spacial score (nSPS) is 19.8. The quantitative estimate of drug-likeness (QED) is 0.116. The molecule has 0 heterocycles. The minimum absolute atomic E-state index is 0.172. The second-order valence-corrected chi connectivity index (χ2v) is 132. The number of hydrogen-bond donors (Lipinski definition) is 0. The number of rotatable bonds is 9. The van der Waals surface area contributed by atoms with Gasteiger partial charge in [0.1, 0.15) is 0 Å². The van der Waals surface area contributed by atoms with E-state index >= 15 is 0 Å². The fourth-order valence-electron chi connectivity index (χ4n) is 8.51. The fraction of sp³-hybridized carbons (Fsp3) is 0.300. The van der Waals surface area contributed by atoms with Crippen LogP contribution in [0.2, 0.25) is 13.1 Å². The summed E-state index contributed by atoms with van der Waals surface area (Å²) >= 11 is 9.30. The number of benzene rings is 4. The summed E-state index contributed by atoms with van der Waals surface area (Å²) in [5.74, 6) is -2.01. The molecular formula is C40H47Br2Cl2S2SiZr+2. The Morgan fingerprint density at radius 3 is 1.25 bits per heavy atom. The molecule has 253 valence electrons. The van der Waals surface area contributed by atoms with Crippen molar-refractivity contribution in [2.24, 2.45) is 0 Å². The molecule has 6 rings (SSSR count). The van der Waals surface area contributed by atoms with E-state index in [2.05, 4.69) is 173 Å². The van der Waals surface area contributed by atoms with Crippen molar-refractivity contribution >= 4 is 81.3 Å². The van der Waals surface area contributed by atoms with E-state index < -0.39 is 13.8 Å². The Hall–Kier alpha value is -0.300. The van der Waals surface area contributed by atoms with Gasteiger partial charge in [0.15, 0.2) is 0 Å². The Bertz CT molecular complexity index is 1870.